The molecule has 0 aromatic heterocycles. The van der Waals surface area contributed by atoms with Gasteiger partial charge in [0.1, 0.15) is 0 Å². The van der Waals surface area contributed by atoms with Crippen molar-refractivity contribution in [3.05, 3.63) is 40.1 Å². The van der Waals surface area contributed by atoms with Crippen LogP contribution in [0.25, 0.3) is 6.08 Å². The molecule has 1 N–H and O–H groups in total. The first-order valence-corrected chi connectivity index (χ1v) is 5.34. The molecule has 1 aromatic carbocycles. The van der Waals surface area contributed by atoms with E-state index in [2.05, 4.69) is 0 Å². The van der Waals surface area contributed by atoms with Gasteiger partial charge in [-0.2, -0.15) is 0 Å². The summed E-state index contributed by atoms with van der Waals surface area (Å²) in [5.74, 6) is -0.688. The maximum atomic E-state index is 10.8. The summed E-state index contributed by atoms with van der Waals surface area (Å²) in [6, 6.07) is 4.76. The van der Waals surface area contributed by atoms with Crippen molar-refractivity contribution in [1.82, 2.24) is 0 Å². The number of para-hydroxylation sites is 1. The molecule has 19 heavy (non-hydrogen) atoms. The minimum absolute atomic E-state index is 0.151. The Morgan fingerprint density at radius 3 is 2.74 bits per heavy atom. The van der Waals surface area contributed by atoms with Crippen LogP contribution in [0.15, 0.2) is 24.4 Å². The van der Waals surface area contributed by atoms with Crippen molar-refractivity contribution in [1.29, 1.82) is 0 Å². The Kier molecular flexibility index (Phi) is 4.87. The summed E-state index contributed by atoms with van der Waals surface area (Å²) >= 11 is 0. The van der Waals surface area contributed by atoms with E-state index in [0.717, 1.165) is 6.20 Å². The molecule has 0 heterocycles. The maximum Gasteiger partial charge on any atom is 0.344 e. The Morgan fingerprint density at radius 1 is 1.53 bits per heavy atom. The predicted octanol–water partition coefficient (Wildman–Crippen LogP) is 1.79. The van der Waals surface area contributed by atoms with Crippen LogP contribution >= 0.6 is 0 Å². The van der Waals surface area contributed by atoms with Crippen molar-refractivity contribution in [2.75, 3.05) is 7.11 Å². The third-order valence-corrected chi connectivity index (χ3v) is 2.25. The molecule has 0 fully saturated rings. The fraction of sp³-hybridized carbons (Fsp3) is 0.250. The first-order valence-electron chi connectivity index (χ1n) is 5.34. The van der Waals surface area contributed by atoms with E-state index >= 15 is 0 Å². The van der Waals surface area contributed by atoms with Gasteiger partial charge in [-0.05, 0) is 13.0 Å². The molecule has 0 amide bonds. The molecule has 7 nitrogen and oxygen atoms in total. The highest BCUT2D eigenvalue weighted by Gasteiger charge is 2.17. The van der Waals surface area contributed by atoms with Crippen LogP contribution in [-0.4, -0.2) is 29.2 Å². The molecule has 102 valence electrons. The number of rotatable bonds is 6. The predicted molar refractivity (Wildman–Crippen MR) is 66.7 cm³/mol. The molecule has 0 unspecified atom stereocenters. The molecule has 0 aliphatic carbocycles. The second kappa shape index (κ2) is 6.39. The number of methoxy groups -OCH3 is 1. The highest BCUT2D eigenvalue weighted by molar-refractivity contribution is 5.73. The molecule has 0 aliphatic heterocycles. The topological polar surface area (TPSA) is 98.9 Å². The molecule has 1 rings (SSSR count). The van der Waals surface area contributed by atoms with Crippen LogP contribution in [-0.2, 0) is 4.79 Å². The lowest BCUT2D eigenvalue weighted by molar-refractivity contribution is -0.400. The van der Waals surface area contributed by atoms with Gasteiger partial charge in [0.25, 0.3) is 0 Å². The number of aliphatic carboxylic acids is 1. The van der Waals surface area contributed by atoms with Crippen LogP contribution in [0, 0.1) is 10.1 Å². The molecule has 0 radical (unpaired) electrons. The van der Waals surface area contributed by atoms with E-state index < -0.39 is 17.0 Å². The second-order valence-corrected chi connectivity index (χ2v) is 3.58. The summed E-state index contributed by atoms with van der Waals surface area (Å²) in [5, 5.41) is 19.1. The lowest BCUT2D eigenvalue weighted by Crippen LogP contribution is -2.23. The lowest BCUT2D eigenvalue weighted by atomic mass is 10.2. The van der Waals surface area contributed by atoms with Crippen molar-refractivity contribution >= 4 is 12.0 Å². The minimum atomic E-state index is -1.14. The van der Waals surface area contributed by atoms with Crippen molar-refractivity contribution in [2.24, 2.45) is 0 Å². The van der Waals surface area contributed by atoms with E-state index in [4.69, 9.17) is 14.6 Å². The Bertz CT molecular complexity index is 511. The minimum Gasteiger partial charge on any atom is -0.493 e. The van der Waals surface area contributed by atoms with Crippen molar-refractivity contribution in [3.63, 3.8) is 0 Å². The molecule has 1 atom stereocenters. The summed E-state index contributed by atoms with van der Waals surface area (Å²) in [4.78, 5) is 20.5. The Labute approximate surface area is 109 Å². The number of carbonyl (C=O) groups is 1. The Morgan fingerprint density at radius 2 is 2.21 bits per heavy atom. The van der Waals surface area contributed by atoms with E-state index in [1.165, 1.54) is 20.1 Å². The molecule has 0 aliphatic rings. The molecular weight excluding hydrogens is 254 g/mol. The zero-order chi connectivity index (χ0) is 14.4. The van der Waals surface area contributed by atoms with E-state index in [0.29, 0.717) is 11.3 Å². The lowest BCUT2D eigenvalue weighted by Gasteiger charge is -2.15. The van der Waals surface area contributed by atoms with Gasteiger partial charge >= 0.3 is 5.97 Å². The zero-order valence-electron chi connectivity index (χ0n) is 10.4. The zero-order valence-corrected chi connectivity index (χ0v) is 10.4. The number of nitro groups is 1. The van der Waals surface area contributed by atoms with Gasteiger partial charge in [0, 0.05) is 11.6 Å². The Hall–Kier alpha value is -2.57. The van der Waals surface area contributed by atoms with Crippen molar-refractivity contribution in [2.45, 2.75) is 13.0 Å². The van der Waals surface area contributed by atoms with Crippen LogP contribution < -0.4 is 9.47 Å². The number of ether oxygens (including phenoxy) is 2. The van der Waals surface area contributed by atoms with Gasteiger partial charge in [0.05, 0.1) is 12.0 Å². The smallest absolute Gasteiger partial charge is 0.344 e. The standard InChI is InChI=1S/C12H13NO6/c1-8(12(14)15)19-11-9(6-7-13(16)17)4-3-5-10(11)18-2/h3-8H,1-2H3,(H,14,15)/b7-6-/t8-/m1/s1. The van der Waals surface area contributed by atoms with E-state index in [1.54, 1.807) is 18.2 Å². The molecule has 0 saturated heterocycles. The van der Waals surface area contributed by atoms with Crippen LogP contribution in [0.3, 0.4) is 0 Å². The number of hydrogen-bond acceptors (Lipinski definition) is 5. The Balaban J connectivity index is 3.16. The van der Waals surface area contributed by atoms with Crippen LogP contribution in [0.2, 0.25) is 0 Å². The number of benzene rings is 1. The number of nitrogens with zero attached hydrogens (tertiary/aromatic N) is 1. The van der Waals surface area contributed by atoms with E-state index in [1.807, 2.05) is 0 Å². The van der Waals surface area contributed by atoms with Gasteiger partial charge < -0.3 is 14.6 Å². The molecule has 0 bridgehead atoms. The highest BCUT2D eigenvalue weighted by atomic mass is 16.6. The van der Waals surface area contributed by atoms with Crippen LogP contribution in [0.1, 0.15) is 12.5 Å². The highest BCUT2D eigenvalue weighted by Crippen LogP contribution is 2.32. The quantitative estimate of drug-likeness (QED) is 0.623. The molecule has 0 spiro atoms. The number of hydrogen-bond donors (Lipinski definition) is 1. The van der Waals surface area contributed by atoms with Gasteiger partial charge in [-0.15, -0.1) is 0 Å². The first-order chi connectivity index (χ1) is 8.95. The fourth-order valence-corrected chi connectivity index (χ4v) is 1.32. The van der Waals surface area contributed by atoms with Crippen LogP contribution in [0.4, 0.5) is 0 Å². The summed E-state index contributed by atoms with van der Waals surface area (Å²) in [5.41, 5.74) is 0.365. The normalized spacial score (nSPS) is 12.1. The first kappa shape index (κ1) is 14.5. The van der Waals surface area contributed by atoms with E-state index in [-0.39, 0.29) is 5.75 Å². The van der Waals surface area contributed by atoms with Crippen molar-refractivity contribution < 1.29 is 24.3 Å². The fourth-order valence-electron chi connectivity index (χ4n) is 1.32. The molecule has 7 heteroatoms. The van der Waals surface area contributed by atoms with Gasteiger partial charge in [-0.25, -0.2) is 4.79 Å². The third kappa shape index (κ3) is 3.98. The van der Waals surface area contributed by atoms with Crippen molar-refractivity contribution in [3.8, 4) is 11.5 Å². The average molecular weight is 267 g/mol. The summed E-state index contributed by atoms with van der Waals surface area (Å²) < 4.78 is 10.3. The molecule has 1 aromatic rings. The van der Waals surface area contributed by atoms with E-state index in [9.17, 15) is 14.9 Å². The third-order valence-electron chi connectivity index (χ3n) is 2.25. The van der Waals surface area contributed by atoms with Gasteiger partial charge in [0.2, 0.25) is 6.20 Å². The average Bonchev–Trinajstić information content (AvgIpc) is 2.36. The molecular formula is C12H13NO6. The second-order valence-electron chi connectivity index (χ2n) is 3.58. The monoisotopic (exact) mass is 267 g/mol. The number of carboxylic acid groups (broad SMARTS) is 1. The van der Waals surface area contributed by atoms with Gasteiger partial charge in [-0.3, -0.25) is 10.1 Å². The van der Waals surface area contributed by atoms with Gasteiger partial charge in [0.15, 0.2) is 17.6 Å². The van der Waals surface area contributed by atoms with Crippen LogP contribution in [0.5, 0.6) is 11.5 Å². The number of carboxylic acids is 1. The van der Waals surface area contributed by atoms with Gasteiger partial charge in [-0.1, -0.05) is 12.1 Å². The summed E-state index contributed by atoms with van der Waals surface area (Å²) in [6.45, 7) is 1.36. The largest absolute Gasteiger partial charge is 0.493 e. The molecule has 0 saturated carbocycles. The summed E-state index contributed by atoms with van der Waals surface area (Å²) in [6.07, 6.45) is 0.860. The maximum absolute atomic E-state index is 10.8. The summed E-state index contributed by atoms with van der Waals surface area (Å²) in [7, 11) is 1.40. The SMILES string of the molecule is COc1cccc(/C=C\[N+](=O)[O-])c1O[C@H](C)C(=O)O.